The van der Waals surface area contributed by atoms with Crippen LogP contribution in [0.1, 0.15) is 5.56 Å². The molecule has 0 spiro atoms. The normalized spacial score (nSPS) is 10.3. The van der Waals surface area contributed by atoms with E-state index in [0.717, 1.165) is 16.1 Å². The van der Waals surface area contributed by atoms with Crippen molar-refractivity contribution in [3.8, 4) is 0 Å². The van der Waals surface area contributed by atoms with Gasteiger partial charge >= 0.3 is 0 Å². The first-order valence-corrected chi connectivity index (χ1v) is 10.1. The number of benzene rings is 3. The van der Waals surface area contributed by atoms with E-state index >= 15 is 0 Å². The number of thioether (sulfide) groups is 1. The van der Waals surface area contributed by atoms with Crippen molar-refractivity contribution in [3.05, 3.63) is 89.4 Å². The molecule has 0 unspecified atom stereocenters. The molecule has 0 fully saturated rings. The highest BCUT2D eigenvalue weighted by Gasteiger charge is 2.07. The molecule has 0 aliphatic carbocycles. The van der Waals surface area contributed by atoms with Crippen LogP contribution in [0.5, 0.6) is 0 Å². The summed E-state index contributed by atoms with van der Waals surface area (Å²) in [7, 11) is 0. The number of carbonyl (C=O) groups is 2. The van der Waals surface area contributed by atoms with Gasteiger partial charge in [-0.05, 0) is 42.0 Å². The number of hydrogen-bond donors (Lipinski definition) is 2. The first kappa shape index (κ1) is 20.0. The second kappa shape index (κ2) is 9.97. The van der Waals surface area contributed by atoms with Crippen LogP contribution in [0, 0.1) is 0 Å². The molecule has 0 atom stereocenters. The number of amides is 2. The van der Waals surface area contributed by atoms with Gasteiger partial charge in [-0.3, -0.25) is 9.59 Å². The summed E-state index contributed by atoms with van der Waals surface area (Å²) in [6.45, 7) is 0. The Morgan fingerprint density at radius 1 is 0.786 bits per heavy atom. The van der Waals surface area contributed by atoms with Gasteiger partial charge in [0.2, 0.25) is 11.8 Å². The van der Waals surface area contributed by atoms with Crippen LogP contribution in [-0.2, 0) is 16.0 Å². The fraction of sp³-hybridized carbons (Fsp3) is 0.0909. The second-order valence-electron chi connectivity index (χ2n) is 6.05. The number of rotatable bonds is 7. The zero-order chi connectivity index (χ0) is 19.8. The smallest absolute Gasteiger partial charge is 0.234 e. The highest BCUT2D eigenvalue weighted by atomic mass is 35.5. The summed E-state index contributed by atoms with van der Waals surface area (Å²) in [4.78, 5) is 25.1. The van der Waals surface area contributed by atoms with Crippen molar-refractivity contribution in [1.82, 2.24) is 0 Å². The maximum Gasteiger partial charge on any atom is 0.234 e. The summed E-state index contributed by atoms with van der Waals surface area (Å²) in [5.74, 6) is 0.0781. The van der Waals surface area contributed by atoms with E-state index in [1.165, 1.54) is 11.8 Å². The van der Waals surface area contributed by atoms with E-state index in [2.05, 4.69) is 10.6 Å². The van der Waals surface area contributed by atoms with Crippen molar-refractivity contribution in [3.63, 3.8) is 0 Å². The van der Waals surface area contributed by atoms with Gasteiger partial charge in [-0.1, -0.05) is 54.1 Å². The van der Waals surface area contributed by atoms with Gasteiger partial charge in [0, 0.05) is 10.6 Å². The summed E-state index contributed by atoms with van der Waals surface area (Å²) < 4.78 is 0. The summed E-state index contributed by atoms with van der Waals surface area (Å²) in [6, 6.07) is 24.1. The maximum atomic E-state index is 12.1. The molecule has 0 heterocycles. The maximum absolute atomic E-state index is 12.1. The molecule has 3 aromatic carbocycles. The minimum absolute atomic E-state index is 0.0641. The van der Waals surface area contributed by atoms with Gasteiger partial charge in [0.15, 0.2) is 0 Å². The summed E-state index contributed by atoms with van der Waals surface area (Å²) >= 11 is 7.46. The fourth-order valence-corrected chi connectivity index (χ4v) is 3.40. The quantitative estimate of drug-likeness (QED) is 0.523. The largest absolute Gasteiger partial charge is 0.326 e. The zero-order valence-corrected chi connectivity index (χ0v) is 16.6. The average molecular weight is 411 g/mol. The van der Waals surface area contributed by atoms with E-state index in [1.54, 1.807) is 12.1 Å². The predicted octanol–water partition coefficient (Wildman–Crippen LogP) is 5.25. The molecule has 0 radical (unpaired) electrons. The number of hydrogen-bond acceptors (Lipinski definition) is 3. The number of para-hydroxylation sites is 1. The van der Waals surface area contributed by atoms with Gasteiger partial charge in [-0.2, -0.15) is 0 Å². The Morgan fingerprint density at radius 3 is 2.18 bits per heavy atom. The topological polar surface area (TPSA) is 58.2 Å². The molecule has 2 amide bonds. The van der Waals surface area contributed by atoms with Crippen molar-refractivity contribution in [1.29, 1.82) is 0 Å². The van der Waals surface area contributed by atoms with Crippen molar-refractivity contribution < 1.29 is 9.59 Å². The van der Waals surface area contributed by atoms with E-state index in [9.17, 15) is 9.59 Å². The van der Waals surface area contributed by atoms with E-state index in [0.29, 0.717) is 17.1 Å². The Bertz CT molecular complexity index is 946. The average Bonchev–Trinajstić information content (AvgIpc) is 2.70. The lowest BCUT2D eigenvalue weighted by atomic mass is 10.1. The monoisotopic (exact) mass is 410 g/mol. The molecule has 2 N–H and O–H groups in total. The Morgan fingerprint density at radius 2 is 1.46 bits per heavy atom. The highest BCUT2D eigenvalue weighted by molar-refractivity contribution is 8.00. The van der Waals surface area contributed by atoms with Crippen molar-refractivity contribution in [2.45, 2.75) is 11.3 Å². The third kappa shape index (κ3) is 6.15. The number of nitrogens with one attached hydrogen (secondary N) is 2. The molecule has 142 valence electrons. The SMILES string of the molecule is O=C(Cc1ccccc1)Nc1ccc(SCC(=O)Nc2ccccc2Cl)cc1. The van der Waals surface area contributed by atoms with Crippen molar-refractivity contribution in [2.24, 2.45) is 0 Å². The van der Waals surface area contributed by atoms with E-state index < -0.39 is 0 Å². The van der Waals surface area contributed by atoms with Crippen LogP contribution in [0.4, 0.5) is 11.4 Å². The lowest BCUT2D eigenvalue weighted by Gasteiger charge is -2.08. The van der Waals surface area contributed by atoms with Crippen LogP contribution in [0.3, 0.4) is 0 Å². The first-order chi connectivity index (χ1) is 13.6. The van der Waals surface area contributed by atoms with Gasteiger partial charge < -0.3 is 10.6 Å². The van der Waals surface area contributed by atoms with Crippen LogP contribution in [-0.4, -0.2) is 17.6 Å². The van der Waals surface area contributed by atoms with Crippen LogP contribution in [0.2, 0.25) is 5.02 Å². The van der Waals surface area contributed by atoms with E-state index in [-0.39, 0.29) is 17.6 Å². The lowest BCUT2D eigenvalue weighted by molar-refractivity contribution is -0.115. The third-order valence-electron chi connectivity index (χ3n) is 3.86. The van der Waals surface area contributed by atoms with Crippen LogP contribution in [0.15, 0.2) is 83.8 Å². The van der Waals surface area contributed by atoms with Crippen LogP contribution in [0.25, 0.3) is 0 Å². The lowest BCUT2D eigenvalue weighted by Crippen LogP contribution is -2.14. The molecule has 0 aliphatic heterocycles. The third-order valence-corrected chi connectivity index (χ3v) is 5.21. The molecule has 0 saturated carbocycles. The second-order valence-corrected chi connectivity index (χ2v) is 7.51. The highest BCUT2D eigenvalue weighted by Crippen LogP contribution is 2.23. The first-order valence-electron chi connectivity index (χ1n) is 8.71. The zero-order valence-electron chi connectivity index (χ0n) is 15.0. The summed E-state index contributed by atoms with van der Waals surface area (Å²) in [6.07, 6.45) is 0.333. The van der Waals surface area contributed by atoms with Gasteiger partial charge in [0.1, 0.15) is 0 Å². The molecule has 6 heteroatoms. The molecule has 0 saturated heterocycles. The van der Waals surface area contributed by atoms with Crippen molar-refractivity contribution in [2.75, 3.05) is 16.4 Å². The standard InChI is InChI=1S/C22H19ClN2O2S/c23-19-8-4-5-9-20(19)25-22(27)15-28-18-12-10-17(11-13-18)24-21(26)14-16-6-2-1-3-7-16/h1-13H,14-15H2,(H,24,26)(H,25,27). The molecule has 0 aromatic heterocycles. The van der Waals surface area contributed by atoms with E-state index in [1.807, 2.05) is 66.7 Å². The van der Waals surface area contributed by atoms with Gasteiger partial charge in [-0.25, -0.2) is 0 Å². The van der Waals surface area contributed by atoms with Crippen LogP contribution >= 0.6 is 23.4 Å². The Balaban J connectivity index is 1.47. The number of halogens is 1. The van der Waals surface area contributed by atoms with Gasteiger partial charge in [0.25, 0.3) is 0 Å². The number of anilines is 2. The molecular formula is C22H19ClN2O2S. The summed E-state index contributed by atoms with van der Waals surface area (Å²) in [5.41, 5.74) is 2.30. The molecule has 28 heavy (non-hydrogen) atoms. The van der Waals surface area contributed by atoms with E-state index in [4.69, 9.17) is 11.6 Å². The van der Waals surface area contributed by atoms with Gasteiger partial charge in [-0.15, -0.1) is 11.8 Å². The summed E-state index contributed by atoms with van der Waals surface area (Å²) in [5, 5.41) is 6.18. The predicted molar refractivity (Wildman–Crippen MR) is 116 cm³/mol. The molecular weight excluding hydrogens is 392 g/mol. The molecule has 3 rings (SSSR count). The molecule has 0 aliphatic rings. The minimum atomic E-state index is -0.127. The molecule has 3 aromatic rings. The van der Waals surface area contributed by atoms with Crippen LogP contribution < -0.4 is 10.6 Å². The van der Waals surface area contributed by atoms with Gasteiger partial charge in [0.05, 0.1) is 22.9 Å². The Kier molecular flexibility index (Phi) is 7.12. The Hall–Kier alpha value is -2.76. The molecule has 0 bridgehead atoms. The van der Waals surface area contributed by atoms with Crippen molar-refractivity contribution >= 4 is 46.6 Å². The number of carbonyl (C=O) groups excluding carboxylic acids is 2. The fourth-order valence-electron chi connectivity index (χ4n) is 2.52. The Labute approximate surface area is 173 Å². The molecule has 4 nitrogen and oxygen atoms in total. The minimum Gasteiger partial charge on any atom is -0.326 e.